The van der Waals surface area contributed by atoms with Crippen LogP contribution in [0.2, 0.25) is 0 Å². The van der Waals surface area contributed by atoms with Gasteiger partial charge in [0.25, 0.3) is 0 Å². The van der Waals surface area contributed by atoms with Crippen LogP contribution in [-0.4, -0.2) is 36.6 Å². The molecule has 0 saturated carbocycles. The molecule has 32 heavy (non-hydrogen) atoms. The highest BCUT2D eigenvalue weighted by Crippen LogP contribution is 2.31. The van der Waals surface area contributed by atoms with Crippen molar-refractivity contribution >= 4 is 33.8 Å². The van der Waals surface area contributed by atoms with Crippen molar-refractivity contribution in [2.45, 2.75) is 32.2 Å². The summed E-state index contributed by atoms with van der Waals surface area (Å²) in [6.07, 6.45) is 3.49. The first-order valence-electron chi connectivity index (χ1n) is 10.9. The van der Waals surface area contributed by atoms with Crippen LogP contribution >= 0.6 is 11.3 Å². The first-order valence-corrected chi connectivity index (χ1v) is 11.7. The molecule has 1 fully saturated rings. The Morgan fingerprint density at radius 2 is 2.06 bits per heavy atom. The number of aromatic nitrogens is 1. The molecule has 1 aliphatic heterocycles. The molecule has 1 aliphatic rings. The van der Waals surface area contributed by atoms with Crippen molar-refractivity contribution in [3.63, 3.8) is 0 Å². The number of hydrogen-bond acceptors (Lipinski definition) is 8. The smallest absolute Gasteiger partial charge is 0.206 e. The minimum atomic E-state index is -0.171. The number of carbonyl (C=O) groups excluding carboxylic acids is 1. The second-order valence-corrected chi connectivity index (χ2v) is 8.60. The molecule has 168 valence electrons. The van der Waals surface area contributed by atoms with E-state index in [0.29, 0.717) is 40.6 Å². The summed E-state index contributed by atoms with van der Waals surface area (Å²) in [6.45, 7) is 4.25. The predicted octanol–water partition coefficient (Wildman–Crippen LogP) is 4.62. The Balaban J connectivity index is 1.36. The Hall–Kier alpha value is -3.10. The molecule has 1 unspecified atom stereocenters. The van der Waals surface area contributed by atoms with Gasteiger partial charge in [-0.1, -0.05) is 23.5 Å². The van der Waals surface area contributed by atoms with Gasteiger partial charge >= 0.3 is 0 Å². The normalized spacial score (nSPS) is 15.5. The maximum absolute atomic E-state index is 12.9. The van der Waals surface area contributed by atoms with E-state index in [1.807, 2.05) is 37.3 Å². The van der Waals surface area contributed by atoms with Crippen molar-refractivity contribution in [2.75, 3.05) is 30.8 Å². The first-order chi connectivity index (χ1) is 15.6. The van der Waals surface area contributed by atoms with E-state index in [4.69, 9.17) is 15.2 Å². The van der Waals surface area contributed by atoms with E-state index in [0.717, 1.165) is 24.4 Å². The van der Waals surface area contributed by atoms with Crippen molar-refractivity contribution in [2.24, 2.45) is 0 Å². The lowest BCUT2D eigenvalue weighted by Crippen LogP contribution is -2.23. The number of carbonyl (C=O) groups is 1. The number of nitrogen functional groups attached to an aromatic ring is 1. The van der Waals surface area contributed by atoms with E-state index in [9.17, 15) is 4.79 Å². The molecule has 1 aromatic heterocycles. The van der Waals surface area contributed by atoms with Crippen LogP contribution in [0, 0.1) is 0 Å². The summed E-state index contributed by atoms with van der Waals surface area (Å²) in [5.74, 6) is 1.53. The molecule has 4 rings (SSSR count). The average molecular weight is 453 g/mol. The van der Waals surface area contributed by atoms with Gasteiger partial charge in [-0.3, -0.25) is 4.79 Å². The van der Waals surface area contributed by atoms with Gasteiger partial charge in [-0.25, -0.2) is 4.98 Å². The SMILES string of the molecule is CCOc1cccc(C(=O)c2sc(Nc3ccc(OCCC4CCCN4)cc3)nc2N)c1. The molecule has 0 spiro atoms. The van der Waals surface area contributed by atoms with Crippen molar-refractivity contribution in [1.82, 2.24) is 10.3 Å². The van der Waals surface area contributed by atoms with Crippen LogP contribution in [0.4, 0.5) is 16.6 Å². The van der Waals surface area contributed by atoms with Crippen LogP contribution in [0.15, 0.2) is 48.5 Å². The highest BCUT2D eigenvalue weighted by Gasteiger charge is 2.19. The maximum Gasteiger partial charge on any atom is 0.206 e. The Bertz CT molecular complexity index is 1050. The zero-order valence-electron chi connectivity index (χ0n) is 18.1. The fourth-order valence-corrected chi connectivity index (χ4v) is 4.52. The van der Waals surface area contributed by atoms with Gasteiger partial charge < -0.3 is 25.8 Å². The van der Waals surface area contributed by atoms with E-state index < -0.39 is 0 Å². The third-order valence-electron chi connectivity index (χ3n) is 5.27. The van der Waals surface area contributed by atoms with Gasteiger partial charge in [0.05, 0.1) is 13.2 Å². The molecule has 1 atom stereocenters. The number of nitrogens with two attached hydrogens (primary N) is 1. The Kier molecular flexibility index (Phi) is 7.24. The van der Waals surface area contributed by atoms with Crippen LogP contribution in [0.5, 0.6) is 11.5 Å². The number of nitrogens with zero attached hydrogens (tertiary/aromatic N) is 1. The molecule has 2 aromatic carbocycles. The number of nitrogens with one attached hydrogen (secondary N) is 2. The molecule has 4 N–H and O–H groups in total. The Morgan fingerprint density at radius 3 is 2.81 bits per heavy atom. The first kappa shape index (κ1) is 22.1. The number of ketones is 1. The molecule has 0 bridgehead atoms. The molecule has 0 amide bonds. The summed E-state index contributed by atoms with van der Waals surface area (Å²) in [5, 5.41) is 7.26. The fourth-order valence-electron chi connectivity index (χ4n) is 3.65. The fraction of sp³-hybridized carbons (Fsp3) is 0.333. The number of rotatable bonds is 10. The van der Waals surface area contributed by atoms with Crippen LogP contribution < -0.4 is 25.8 Å². The zero-order chi connectivity index (χ0) is 22.3. The van der Waals surface area contributed by atoms with E-state index in [1.165, 1.54) is 24.2 Å². The van der Waals surface area contributed by atoms with Gasteiger partial charge in [-0.15, -0.1) is 0 Å². The van der Waals surface area contributed by atoms with Gasteiger partial charge in [0.2, 0.25) is 5.78 Å². The lowest BCUT2D eigenvalue weighted by atomic mass is 10.1. The predicted molar refractivity (Wildman–Crippen MR) is 128 cm³/mol. The standard InChI is InChI=1S/C24H28N4O3S/c1-2-30-20-7-3-5-16(15-20)21(29)22-23(25)28-24(32-22)27-18-8-10-19(11-9-18)31-14-12-17-6-4-13-26-17/h3,5,7-11,15,17,26H,2,4,6,12-14,25H2,1H3,(H,27,28). The van der Waals surface area contributed by atoms with Crippen LogP contribution in [0.3, 0.4) is 0 Å². The molecule has 3 aromatic rings. The van der Waals surface area contributed by atoms with Gasteiger partial charge in [-0.2, -0.15) is 0 Å². The highest BCUT2D eigenvalue weighted by molar-refractivity contribution is 7.18. The molecule has 0 radical (unpaired) electrons. The van der Waals surface area contributed by atoms with E-state index in [2.05, 4.69) is 15.6 Å². The lowest BCUT2D eigenvalue weighted by molar-refractivity contribution is 0.104. The molecule has 8 heteroatoms. The summed E-state index contributed by atoms with van der Waals surface area (Å²) in [6, 6.07) is 15.4. The number of thiazole rings is 1. The van der Waals surface area contributed by atoms with E-state index in [-0.39, 0.29) is 11.6 Å². The molecule has 1 saturated heterocycles. The summed E-state index contributed by atoms with van der Waals surface area (Å²) in [5.41, 5.74) is 7.41. The van der Waals surface area contributed by atoms with Crippen molar-refractivity contribution in [3.05, 3.63) is 59.0 Å². The molecule has 7 nitrogen and oxygen atoms in total. The molecule has 0 aliphatic carbocycles. The monoisotopic (exact) mass is 452 g/mol. The van der Waals surface area contributed by atoms with Crippen molar-refractivity contribution < 1.29 is 14.3 Å². The largest absolute Gasteiger partial charge is 0.494 e. The van der Waals surface area contributed by atoms with Crippen LogP contribution in [-0.2, 0) is 0 Å². The summed E-state index contributed by atoms with van der Waals surface area (Å²) in [4.78, 5) is 17.6. The van der Waals surface area contributed by atoms with Gasteiger partial charge in [0.1, 0.15) is 22.2 Å². The van der Waals surface area contributed by atoms with Gasteiger partial charge in [0.15, 0.2) is 5.13 Å². The third kappa shape index (κ3) is 5.57. The second kappa shape index (κ2) is 10.5. The minimum Gasteiger partial charge on any atom is -0.494 e. The molecule has 2 heterocycles. The number of benzene rings is 2. The number of hydrogen-bond donors (Lipinski definition) is 3. The van der Waals surface area contributed by atoms with Crippen molar-refractivity contribution in [1.29, 1.82) is 0 Å². The molecular formula is C24H28N4O3S. The number of ether oxygens (including phenoxy) is 2. The lowest BCUT2D eigenvalue weighted by Gasteiger charge is -2.11. The molecular weight excluding hydrogens is 424 g/mol. The third-order valence-corrected chi connectivity index (χ3v) is 6.26. The highest BCUT2D eigenvalue weighted by atomic mass is 32.1. The zero-order valence-corrected chi connectivity index (χ0v) is 18.9. The van der Waals surface area contributed by atoms with Crippen molar-refractivity contribution in [3.8, 4) is 11.5 Å². The Labute approximate surface area is 192 Å². The summed E-state index contributed by atoms with van der Waals surface area (Å²) >= 11 is 1.23. The Morgan fingerprint density at radius 1 is 1.22 bits per heavy atom. The topological polar surface area (TPSA) is 98.5 Å². The minimum absolute atomic E-state index is 0.171. The summed E-state index contributed by atoms with van der Waals surface area (Å²) in [7, 11) is 0. The van der Waals surface area contributed by atoms with E-state index >= 15 is 0 Å². The van der Waals surface area contributed by atoms with Crippen LogP contribution in [0.25, 0.3) is 0 Å². The maximum atomic E-state index is 12.9. The summed E-state index contributed by atoms with van der Waals surface area (Å²) < 4.78 is 11.3. The van der Waals surface area contributed by atoms with Gasteiger partial charge in [0, 0.05) is 17.3 Å². The van der Waals surface area contributed by atoms with Crippen LogP contribution in [0.1, 0.15) is 41.4 Å². The second-order valence-electron chi connectivity index (χ2n) is 7.60. The van der Waals surface area contributed by atoms with Gasteiger partial charge in [-0.05, 0) is 69.1 Å². The van der Waals surface area contributed by atoms with E-state index in [1.54, 1.807) is 18.2 Å². The number of anilines is 3. The quantitative estimate of drug-likeness (QED) is 0.386. The average Bonchev–Trinajstić information content (AvgIpc) is 3.44.